The number of benzene rings is 1. The quantitative estimate of drug-likeness (QED) is 0.704. The molecule has 0 aliphatic carbocycles. The maximum absolute atomic E-state index is 11.8. The van der Waals surface area contributed by atoms with Gasteiger partial charge in [-0.25, -0.2) is 9.78 Å². The Labute approximate surface area is 135 Å². The first-order chi connectivity index (χ1) is 11.1. The fraction of sp³-hybridized carbons (Fsp3) is 0.143. The number of aromatic amines is 1. The smallest absolute Gasteiger partial charge is 0.358 e. The molecule has 23 heavy (non-hydrogen) atoms. The second kappa shape index (κ2) is 5.73. The molecule has 0 aliphatic heterocycles. The van der Waals surface area contributed by atoms with Gasteiger partial charge in [-0.1, -0.05) is 11.6 Å². The number of H-pyrrole nitrogens is 1. The maximum atomic E-state index is 11.8. The Morgan fingerprint density at radius 1 is 1.30 bits per heavy atom. The first-order valence-corrected chi connectivity index (χ1v) is 6.86. The highest BCUT2D eigenvalue weighted by molar-refractivity contribution is 6.35. The van der Waals surface area contributed by atoms with Gasteiger partial charge in [-0.2, -0.15) is 15.4 Å². The molecule has 0 saturated heterocycles. The van der Waals surface area contributed by atoms with E-state index in [2.05, 4.69) is 25.1 Å². The molecule has 0 amide bonds. The summed E-state index contributed by atoms with van der Waals surface area (Å²) in [5.41, 5.74) is 8.22. The van der Waals surface area contributed by atoms with Crippen molar-refractivity contribution in [3.63, 3.8) is 0 Å². The lowest BCUT2D eigenvalue weighted by atomic mass is 10.1. The lowest BCUT2D eigenvalue weighted by Crippen LogP contribution is -2.08. The van der Waals surface area contributed by atoms with Gasteiger partial charge in [0.15, 0.2) is 17.0 Å². The number of nitrogen functional groups attached to an aromatic ring is 1. The van der Waals surface area contributed by atoms with Crippen molar-refractivity contribution in [3.05, 3.63) is 28.9 Å². The van der Waals surface area contributed by atoms with E-state index in [1.807, 2.05) is 0 Å². The third-order valence-corrected chi connectivity index (χ3v) is 3.68. The molecule has 2 aromatic heterocycles. The van der Waals surface area contributed by atoms with Crippen LogP contribution in [0.15, 0.2) is 18.2 Å². The fourth-order valence-electron chi connectivity index (χ4n) is 2.22. The van der Waals surface area contributed by atoms with Gasteiger partial charge in [-0.15, -0.1) is 0 Å². The van der Waals surface area contributed by atoms with E-state index in [1.165, 1.54) is 14.2 Å². The van der Waals surface area contributed by atoms with Gasteiger partial charge in [-0.3, -0.25) is 0 Å². The average Bonchev–Trinajstić information content (AvgIpc) is 3.04. The predicted molar refractivity (Wildman–Crippen MR) is 84.4 cm³/mol. The van der Waals surface area contributed by atoms with Gasteiger partial charge in [0, 0.05) is 5.56 Å². The number of ether oxygens (including phenoxy) is 2. The van der Waals surface area contributed by atoms with E-state index >= 15 is 0 Å². The van der Waals surface area contributed by atoms with E-state index in [4.69, 9.17) is 22.1 Å². The van der Waals surface area contributed by atoms with E-state index in [0.717, 1.165) is 0 Å². The first-order valence-electron chi connectivity index (χ1n) is 6.49. The number of nitrogens with two attached hydrogens (primary N) is 1. The Kier molecular flexibility index (Phi) is 3.75. The summed E-state index contributed by atoms with van der Waals surface area (Å²) in [7, 11) is 2.75. The van der Waals surface area contributed by atoms with Crippen LogP contribution in [0.1, 0.15) is 10.5 Å². The number of hydrogen-bond acceptors (Lipinski definition) is 7. The number of fused-ring (bicyclic) bond motifs is 1. The number of carbonyl (C=O) groups is 1. The largest absolute Gasteiger partial charge is 0.494 e. The molecule has 9 heteroatoms. The topological polar surface area (TPSA) is 116 Å². The molecule has 0 fully saturated rings. The molecule has 0 unspecified atom stereocenters. The molecule has 0 bridgehead atoms. The molecule has 0 saturated carbocycles. The van der Waals surface area contributed by atoms with Crippen molar-refractivity contribution in [3.8, 4) is 17.0 Å². The van der Waals surface area contributed by atoms with Crippen molar-refractivity contribution in [2.24, 2.45) is 0 Å². The summed E-state index contributed by atoms with van der Waals surface area (Å²) in [5, 5.41) is 10.6. The van der Waals surface area contributed by atoms with E-state index < -0.39 is 5.97 Å². The predicted octanol–water partition coefficient (Wildman–Crippen LogP) is 2.05. The van der Waals surface area contributed by atoms with Gasteiger partial charge >= 0.3 is 5.97 Å². The summed E-state index contributed by atoms with van der Waals surface area (Å²) in [6.07, 6.45) is 0. The Morgan fingerprint density at radius 3 is 2.78 bits per heavy atom. The standard InChI is InChI=1S/C14H12ClN5O3/c1-22-13-6(3-4-8-11(13)19-20-18-8)9-5-7(16)10(15)12(17-9)14(21)23-2/h3-5H,1-2H3,(H2,16,17)(H,18,19,20). The van der Waals surface area contributed by atoms with E-state index in [9.17, 15) is 4.79 Å². The molecule has 118 valence electrons. The van der Waals surface area contributed by atoms with Crippen molar-refractivity contribution >= 4 is 34.3 Å². The summed E-state index contributed by atoms with van der Waals surface area (Å²) < 4.78 is 10.1. The van der Waals surface area contributed by atoms with Crippen molar-refractivity contribution in [2.45, 2.75) is 0 Å². The molecule has 3 rings (SSSR count). The van der Waals surface area contributed by atoms with Gasteiger partial charge < -0.3 is 15.2 Å². The van der Waals surface area contributed by atoms with Crippen LogP contribution in [0, 0.1) is 0 Å². The highest BCUT2D eigenvalue weighted by atomic mass is 35.5. The number of hydrogen-bond donors (Lipinski definition) is 2. The Balaban J connectivity index is 2.26. The molecular formula is C14H12ClN5O3. The lowest BCUT2D eigenvalue weighted by molar-refractivity contribution is 0.0594. The molecule has 0 radical (unpaired) electrons. The summed E-state index contributed by atoms with van der Waals surface area (Å²) in [6.45, 7) is 0. The molecule has 0 atom stereocenters. The normalized spacial score (nSPS) is 10.7. The number of halogens is 1. The van der Waals surface area contributed by atoms with E-state index in [-0.39, 0.29) is 16.4 Å². The van der Waals surface area contributed by atoms with Crippen molar-refractivity contribution in [1.29, 1.82) is 0 Å². The van der Waals surface area contributed by atoms with Crippen molar-refractivity contribution in [1.82, 2.24) is 20.4 Å². The van der Waals surface area contributed by atoms with Gasteiger partial charge in [0.1, 0.15) is 5.52 Å². The van der Waals surface area contributed by atoms with Crippen molar-refractivity contribution < 1.29 is 14.3 Å². The Morgan fingerprint density at radius 2 is 2.09 bits per heavy atom. The minimum Gasteiger partial charge on any atom is -0.494 e. The molecule has 3 aromatic rings. The highest BCUT2D eigenvalue weighted by Crippen LogP contribution is 2.36. The summed E-state index contributed by atoms with van der Waals surface area (Å²) in [6, 6.07) is 5.06. The highest BCUT2D eigenvalue weighted by Gasteiger charge is 2.20. The third kappa shape index (κ3) is 2.42. The van der Waals surface area contributed by atoms with Crippen molar-refractivity contribution in [2.75, 3.05) is 20.0 Å². The van der Waals surface area contributed by atoms with E-state index in [1.54, 1.807) is 18.2 Å². The monoisotopic (exact) mass is 333 g/mol. The molecule has 3 N–H and O–H groups in total. The van der Waals surface area contributed by atoms with Gasteiger partial charge in [0.25, 0.3) is 0 Å². The van der Waals surface area contributed by atoms with Crippen LogP contribution in [0.4, 0.5) is 5.69 Å². The van der Waals surface area contributed by atoms with Crippen LogP contribution in [0.25, 0.3) is 22.3 Å². The zero-order valence-electron chi connectivity index (χ0n) is 12.3. The van der Waals surface area contributed by atoms with Gasteiger partial charge in [0.05, 0.1) is 30.6 Å². The average molecular weight is 334 g/mol. The molecule has 8 nitrogen and oxygen atoms in total. The summed E-state index contributed by atoms with van der Waals surface area (Å²) >= 11 is 6.03. The minimum absolute atomic E-state index is 0.0436. The lowest BCUT2D eigenvalue weighted by Gasteiger charge is -2.11. The summed E-state index contributed by atoms with van der Waals surface area (Å²) in [5.74, 6) is -0.216. The molecule has 2 heterocycles. The van der Waals surface area contributed by atoms with Crippen LogP contribution >= 0.6 is 11.6 Å². The minimum atomic E-state index is -0.676. The number of methoxy groups -OCH3 is 2. The number of aromatic nitrogens is 4. The van der Waals surface area contributed by atoms with Crippen LogP contribution in [-0.2, 0) is 4.74 Å². The number of nitrogens with one attached hydrogen (secondary N) is 1. The SMILES string of the molecule is COC(=O)c1nc(-c2ccc3n[nH]nc3c2OC)cc(N)c1Cl. The maximum Gasteiger partial charge on any atom is 0.358 e. The number of rotatable bonds is 3. The van der Waals surface area contributed by atoms with Crippen LogP contribution in [-0.4, -0.2) is 40.6 Å². The summed E-state index contributed by atoms with van der Waals surface area (Å²) in [4.78, 5) is 16.1. The molecule has 0 aliphatic rings. The third-order valence-electron chi connectivity index (χ3n) is 3.29. The van der Waals surface area contributed by atoms with Gasteiger partial charge in [0.2, 0.25) is 0 Å². The number of carbonyl (C=O) groups excluding carboxylic acids is 1. The number of anilines is 1. The van der Waals surface area contributed by atoms with Crippen LogP contribution in [0.2, 0.25) is 5.02 Å². The van der Waals surface area contributed by atoms with E-state index in [0.29, 0.717) is 28.0 Å². The van der Waals surface area contributed by atoms with Crippen LogP contribution < -0.4 is 10.5 Å². The molecule has 1 aromatic carbocycles. The number of esters is 1. The number of pyridine rings is 1. The molecular weight excluding hydrogens is 322 g/mol. The zero-order chi connectivity index (χ0) is 16.6. The second-order valence-electron chi connectivity index (χ2n) is 4.59. The fourth-order valence-corrected chi connectivity index (χ4v) is 2.39. The Hall–Kier alpha value is -2.87. The first kappa shape index (κ1) is 15.0. The zero-order valence-corrected chi connectivity index (χ0v) is 13.0. The Bertz CT molecular complexity index is 909. The van der Waals surface area contributed by atoms with Crippen LogP contribution in [0.5, 0.6) is 5.75 Å². The second-order valence-corrected chi connectivity index (χ2v) is 4.97. The van der Waals surface area contributed by atoms with Crippen LogP contribution in [0.3, 0.4) is 0 Å². The number of nitrogens with zero attached hydrogens (tertiary/aromatic N) is 3. The molecule has 0 spiro atoms. The van der Waals surface area contributed by atoms with Gasteiger partial charge in [-0.05, 0) is 18.2 Å².